The van der Waals surface area contributed by atoms with Crippen LogP contribution in [0.25, 0.3) is 0 Å². The molecule has 2 aromatic rings. The number of benzene rings is 2. The molecule has 0 spiro atoms. The minimum Gasteiger partial charge on any atom is -0.465 e. The topological polar surface area (TPSA) is 160 Å². The summed E-state index contributed by atoms with van der Waals surface area (Å²) < 4.78 is 113. The van der Waals surface area contributed by atoms with E-state index >= 15 is 0 Å². The summed E-state index contributed by atoms with van der Waals surface area (Å²) in [5.74, 6) is -4.17. The van der Waals surface area contributed by atoms with Crippen LogP contribution in [0.3, 0.4) is 0 Å². The third-order valence-corrected chi connectivity index (χ3v) is 8.64. The number of rotatable bonds is 20. The number of ether oxygens (including phenoxy) is 2. The quantitative estimate of drug-likeness (QED) is 0.0307. The smallest absolute Gasteiger partial charge is 0.316 e. The highest BCUT2D eigenvalue weighted by atomic mass is 19.3. The second-order valence-corrected chi connectivity index (χ2v) is 12.2. The lowest BCUT2D eigenvalue weighted by Gasteiger charge is -2.32. The van der Waals surface area contributed by atoms with Gasteiger partial charge in [-0.3, -0.25) is 24.0 Å². The fourth-order valence-corrected chi connectivity index (χ4v) is 5.97. The number of oxime groups is 1. The Morgan fingerprint density at radius 3 is 1.55 bits per heavy atom. The number of alkyl halides is 8. The number of amides is 2. The summed E-state index contributed by atoms with van der Waals surface area (Å²) in [6.07, 6.45) is -14.6. The molecule has 0 fully saturated rings. The molecule has 2 aromatic carbocycles. The van der Waals surface area contributed by atoms with Gasteiger partial charge in [0.2, 0.25) is 25.7 Å². The average molecular weight is 796 g/mol. The summed E-state index contributed by atoms with van der Waals surface area (Å²) in [7, 11) is 0. The fraction of sp³-hybridized carbons (Fsp3) is 0.500. The van der Waals surface area contributed by atoms with Crippen molar-refractivity contribution in [3.05, 3.63) is 59.2 Å². The van der Waals surface area contributed by atoms with Gasteiger partial charge >= 0.3 is 11.9 Å². The Hall–Kier alpha value is -5.10. The van der Waals surface area contributed by atoms with Gasteiger partial charge in [-0.2, -0.15) is 0 Å². The molecule has 0 atom stereocenters. The molecule has 1 heterocycles. The van der Waals surface area contributed by atoms with E-state index in [1.165, 1.54) is 56.3 Å². The lowest BCUT2D eigenvalue weighted by atomic mass is 9.72. The zero-order chi connectivity index (χ0) is 41.3. The van der Waals surface area contributed by atoms with Crippen LogP contribution in [0.4, 0.5) is 46.5 Å². The third-order valence-electron chi connectivity index (χ3n) is 8.64. The Labute approximate surface area is 310 Å². The number of nitrogens with zero attached hydrogens (tertiary/aromatic N) is 1. The molecule has 304 valence electrons. The number of halogens is 8. The van der Waals surface area contributed by atoms with Gasteiger partial charge in [-0.25, -0.2) is 35.1 Å². The van der Waals surface area contributed by atoms with Gasteiger partial charge in [0.15, 0.2) is 0 Å². The highest BCUT2D eigenvalue weighted by molar-refractivity contribution is 6.51. The number of ketones is 1. The predicted octanol–water partition coefficient (Wildman–Crippen LogP) is 7.69. The van der Waals surface area contributed by atoms with Crippen LogP contribution in [-0.4, -0.2) is 79.9 Å². The molecule has 0 radical (unpaired) electrons. The standard InChI is InChI=1S/C18H22F4N2O4.C18H19F4NO4/c1-2-28-17(26)18(9-7-14(19)20,10-8-15(21)22)12-3-5-13(6-4-12)24-16(25)11-23-27;1-2-27-17(26)18(7-5-13(19)20,8-6-14(21)22)10-3-4-12-11(9-10)15(24)16(25)23-12/h3-6,11,14-15,27H,2,7-10H2,1H3,(H,24,25);3-4,9,13-14H,2,5-8H2,1H3,(H,23,24,25)/b23-11+;. The molecular weight excluding hydrogens is 754 g/mol. The van der Waals surface area contributed by atoms with E-state index in [1.807, 2.05) is 0 Å². The van der Waals surface area contributed by atoms with Crippen molar-refractivity contribution in [1.29, 1.82) is 0 Å². The van der Waals surface area contributed by atoms with Crippen LogP contribution in [0.5, 0.6) is 0 Å². The first-order chi connectivity index (χ1) is 26.0. The first-order valence-electron chi connectivity index (χ1n) is 17.0. The van der Waals surface area contributed by atoms with Gasteiger partial charge in [-0.15, -0.1) is 0 Å². The maximum atomic E-state index is 12.9. The Bertz CT molecular complexity index is 1620. The Morgan fingerprint density at radius 1 is 0.727 bits per heavy atom. The zero-order valence-corrected chi connectivity index (χ0v) is 29.8. The zero-order valence-electron chi connectivity index (χ0n) is 29.8. The van der Waals surface area contributed by atoms with Crippen LogP contribution in [0.1, 0.15) is 86.7 Å². The first-order valence-corrected chi connectivity index (χ1v) is 17.0. The molecule has 3 N–H and O–H groups in total. The number of nitrogens with one attached hydrogen (secondary N) is 2. The number of hydrogen-bond acceptors (Lipinski definition) is 9. The molecule has 2 amide bonds. The highest BCUT2D eigenvalue weighted by Gasteiger charge is 2.44. The van der Waals surface area contributed by atoms with E-state index in [2.05, 4.69) is 15.8 Å². The van der Waals surface area contributed by atoms with Crippen molar-refractivity contribution in [2.24, 2.45) is 5.16 Å². The Morgan fingerprint density at radius 2 is 1.15 bits per heavy atom. The van der Waals surface area contributed by atoms with Crippen molar-refractivity contribution in [3.8, 4) is 0 Å². The molecule has 0 saturated carbocycles. The van der Waals surface area contributed by atoms with Gasteiger partial charge in [0.25, 0.3) is 17.6 Å². The molecule has 0 aliphatic carbocycles. The average Bonchev–Trinajstić information content (AvgIpc) is 3.41. The summed E-state index contributed by atoms with van der Waals surface area (Å²) in [5, 5.41) is 15.6. The number of carbonyl (C=O) groups is 5. The van der Waals surface area contributed by atoms with Crippen molar-refractivity contribution < 1.29 is 73.8 Å². The monoisotopic (exact) mass is 795 g/mol. The normalized spacial score (nSPS) is 12.9. The summed E-state index contributed by atoms with van der Waals surface area (Å²) in [6, 6.07) is 9.49. The van der Waals surface area contributed by atoms with Crippen molar-refractivity contribution >= 4 is 47.1 Å². The molecule has 1 aliphatic heterocycles. The van der Waals surface area contributed by atoms with Crippen LogP contribution in [-0.2, 0) is 39.5 Å². The van der Waals surface area contributed by atoms with Gasteiger partial charge in [-0.05, 0) is 74.9 Å². The predicted molar refractivity (Wildman–Crippen MR) is 182 cm³/mol. The fourth-order valence-electron chi connectivity index (χ4n) is 5.97. The maximum Gasteiger partial charge on any atom is 0.316 e. The maximum absolute atomic E-state index is 12.9. The summed E-state index contributed by atoms with van der Waals surface area (Å²) in [5.41, 5.74) is -2.61. The molecule has 1 aliphatic rings. The highest BCUT2D eigenvalue weighted by Crippen LogP contribution is 2.41. The molecule has 19 heteroatoms. The van der Waals surface area contributed by atoms with Crippen LogP contribution >= 0.6 is 0 Å². The van der Waals surface area contributed by atoms with E-state index < -0.39 is 105 Å². The molecule has 0 saturated heterocycles. The van der Waals surface area contributed by atoms with Gasteiger partial charge in [-0.1, -0.05) is 23.4 Å². The Balaban J connectivity index is 0.000000380. The number of Topliss-reactive ketones (excluding diaryl/α,β-unsaturated/α-hetero) is 1. The summed E-state index contributed by atoms with van der Waals surface area (Å²) in [6.45, 7) is 2.95. The van der Waals surface area contributed by atoms with Gasteiger partial charge in [0.05, 0.1) is 35.3 Å². The van der Waals surface area contributed by atoms with E-state index in [1.54, 1.807) is 0 Å². The second kappa shape index (κ2) is 21.7. The molecule has 3 rings (SSSR count). The summed E-state index contributed by atoms with van der Waals surface area (Å²) >= 11 is 0. The minimum atomic E-state index is -2.75. The Kier molecular flexibility index (Phi) is 18.2. The van der Waals surface area contributed by atoms with E-state index in [-0.39, 0.29) is 54.1 Å². The molecule has 0 aromatic heterocycles. The van der Waals surface area contributed by atoms with Crippen molar-refractivity contribution in [3.63, 3.8) is 0 Å². The number of fused-ring (bicyclic) bond motifs is 1. The van der Waals surface area contributed by atoms with E-state index in [4.69, 9.17) is 14.7 Å². The van der Waals surface area contributed by atoms with Crippen molar-refractivity contribution in [2.45, 2.75) is 102 Å². The minimum absolute atomic E-state index is 0.0275. The number of esters is 2. The van der Waals surface area contributed by atoms with E-state index in [0.29, 0.717) is 6.21 Å². The van der Waals surface area contributed by atoms with Crippen LogP contribution in [0.2, 0.25) is 0 Å². The molecule has 0 unspecified atom stereocenters. The van der Waals surface area contributed by atoms with Gasteiger partial charge in [0.1, 0.15) is 6.21 Å². The SMILES string of the molecule is CCOC(=O)C(CCC(F)F)(CCC(F)F)c1ccc(NC(=O)/C=N/O)cc1.CCOC(=O)C(CCC(F)F)(CCC(F)F)c1ccc2c(c1)C(=O)C(=O)N2. The first kappa shape index (κ1) is 46.1. The van der Waals surface area contributed by atoms with Crippen LogP contribution in [0, 0.1) is 0 Å². The number of hydrogen-bond donors (Lipinski definition) is 3. The molecule has 55 heavy (non-hydrogen) atoms. The summed E-state index contributed by atoms with van der Waals surface area (Å²) in [4.78, 5) is 60.1. The van der Waals surface area contributed by atoms with Crippen molar-refractivity contribution in [1.82, 2.24) is 0 Å². The molecule has 0 bridgehead atoms. The van der Waals surface area contributed by atoms with Crippen molar-refractivity contribution in [2.75, 3.05) is 23.8 Å². The van der Waals surface area contributed by atoms with Gasteiger partial charge < -0.3 is 25.3 Å². The second-order valence-electron chi connectivity index (χ2n) is 12.2. The molecule has 11 nitrogen and oxygen atoms in total. The van der Waals surface area contributed by atoms with Gasteiger partial charge in [0, 0.05) is 31.4 Å². The lowest BCUT2D eigenvalue weighted by Crippen LogP contribution is -2.39. The largest absolute Gasteiger partial charge is 0.465 e. The third kappa shape index (κ3) is 13.0. The van der Waals surface area contributed by atoms with E-state index in [9.17, 15) is 59.1 Å². The lowest BCUT2D eigenvalue weighted by molar-refractivity contribution is -0.152. The van der Waals surface area contributed by atoms with Crippen LogP contribution < -0.4 is 10.6 Å². The number of carbonyl (C=O) groups excluding carboxylic acids is 5. The molecular formula is C36H41F8N3O8. The number of anilines is 2. The van der Waals surface area contributed by atoms with E-state index in [0.717, 1.165) is 0 Å². The van der Waals surface area contributed by atoms with Crippen LogP contribution in [0.15, 0.2) is 47.6 Å².